The SMILES string of the molecule is COc1ccc(CCN(C)[C@@H](C)C(=O)Nc2cc(Cl)ccc2C)cc1OC. The average molecular weight is 391 g/mol. The number of anilines is 1. The summed E-state index contributed by atoms with van der Waals surface area (Å²) >= 11 is 6.03. The summed E-state index contributed by atoms with van der Waals surface area (Å²) in [6.45, 7) is 4.57. The van der Waals surface area contributed by atoms with Crippen molar-refractivity contribution < 1.29 is 14.3 Å². The summed E-state index contributed by atoms with van der Waals surface area (Å²) in [5, 5.41) is 3.56. The Hall–Kier alpha value is -2.24. The fourth-order valence-electron chi connectivity index (χ4n) is 2.70. The number of rotatable bonds is 8. The number of carbonyl (C=O) groups is 1. The van der Waals surface area contributed by atoms with Crippen LogP contribution in [0.25, 0.3) is 0 Å². The number of carbonyl (C=O) groups excluding carboxylic acids is 1. The number of aryl methyl sites for hydroxylation is 1. The standard InChI is InChI=1S/C21H27ClN2O3/c1-14-6-8-17(22)13-18(14)23-21(25)15(2)24(3)11-10-16-7-9-19(26-4)20(12-16)27-5/h6-9,12-13,15H,10-11H2,1-5H3,(H,23,25)/t15-/m0/s1. The molecule has 0 heterocycles. The number of nitrogens with zero attached hydrogens (tertiary/aromatic N) is 1. The molecule has 6 heteroatoms. The number of ether oxygens (including phenoxy) is 2. The number of benzene rings is 2. The monoisotopic (exact) mass is 390 g/mol. The van der Waals surface area contributed by atoms with Gasteiger partial charge in [0.25, 0.3) is 0 Å². The van der Waals surface area contributed by atoms with Crippen molar-refractivity contribution in [1.82, 2.24) is 4.90 Å². The molecule has 1 atom stereocenters. The predicted octanol–water partition coefficient (Wildman–Crippen LogP) is 4.17. The van der Waals surface area contributed by atoms with Gasteiger partial charge in [0.2, 0.25) is 5.91 Å². The van der Waals surface area contributed by atoms with Gasteiger partial charge in [-0.15, -0.1) is 0 Å². The number of likely N-dealkylation sites (N-methyl/N-ethyl adjacent to an activating group) is 1. The molecule has 0 radical (unpaired) electrons. The largest absolute Gasteiger partial charge is 0.493 e. The van der Waals surface area contributed by atoms with Gasteiger partial charge in [-0.2, -0.15) is 0 Å². The summed E-state index contributed by atoms with van der Waals surface area (Å²) in [5.74, 6) is 1.36. The van der Waals surface area contributed by atoms with Crippen molar-refractivity contribution in [2.45, 2.75) is 26.3 Å². The first-order valence-corrected chi connectivity index (χ1v) is 9.21. The van der Waals surface area contributed by atoms with E-state index in [0.717, 1.165) is 29.8 Å². The zero-order valence-corrected chi connectivity index (χ0v) is 17.3. The van der Waals surface area contributed by atoms with E-state index in [1.165, 1.54) is 0 Å². The lowest BCUT2D eigenvalue weighted by atomic mass is 10.1. The highest BCUT2D eigenvalue weighted by molar-refractivity contribution is 6.31. The van der Waals surface area contributed by atoms with Gasteiger partial charge >= 0.3 is 0 Å². The fraction of sp³-hybridized carbons (Fsp3) is 0.381. The van der Waals surface area contributed by atoms with Crippen LogP contribution in [0.15, 0.2) is 36.4 Å². The molecule has 2 rings (SSSR count). The van der Waals surface area contributed by atoms with Gasteiger partial charge in [0.05, 0.1) is 20.3 Å². The Labute approximate surface area is 166 Å². The van der Waals surface area contributed by atoms with Gasteiger partial charge in [0.15, 0.2) is 11.5 Å². The number of hydrogen-bond acceptors (Lipinski definition) is 4. The topological polar surface area (TPSA) is 50.8 Å². The van der Waals surface area contributed by atoms with E-state index in [-0.39, 0.29) is 11.9 Å². The van der Waals surface area contributed by atoms with E-state index in [0.29, 0.717) is 16.5 Å². The maximum Gasteiger partial charge on any atom is 0.241 e. The van der Waals surface area contributed by atoms with Crippen LogP contribution in [0.5, 0.6) is 11.5 Å². The van der Waals surface area contributed by atoms with Crippen LogP contribution < -0.4 is 14.8 Å². The van der Waals surface area contributed by atoms with Crippen LogP contribution in [0.1, 0.15) is 18.1 Å². The number of nitrogens with one attached hydrogen (secondary N) is 1. The number of halogens is 1. The quantitative estimate of drug-likeness (QED) is 0.735. The van der Waals surface area contributed by atoms with Gasteiger partial charge in [0, 0.05) is 17.3 Å². The van der Waals surface area contributed by atoms with Crippen molar-refractivity contribution in [3.63, 3.8) is 0 Å². The molecular weight excluding hydrogens is 364 g/mol. The Kier molecular flexibility index (Phi) is 7.51. The van der Waals surface area contributed by atoms with Gasteiger partial charge < -0.3 is 14.8 Å². The fourth-order valence-corrected chi connectivity index (χ4v) is 2.87. The molecule has 146 valence electrons. The zero-order chi connectivity index (χ0) is 20.0. The second-order valence-corrected chi connectivity index (χ2v) is 6.98. The first-order chi connectivity index (χ1) is 12.8. The van der Waals surface area contributed by atoms with E-state index in [1.54, 1.807) is 20.3 Å². The minimum atomic E-state index is -0.275. The van der Waals surface area contributed by atoms with Gasteiger partial charge in [-0.3, -0.25) is 9.69 Å². The Morgan fingerprint density at radius 3 is 2.52 bits per heavy atom. The molecule has 0 aliphatic rings. The molecule has 2 aromatic rings. The molecular formula is C21H27ClN2O3. The first kappa shape index (κ1) is 21.1. The highest BCUT2D eigenvalue weighted by Gasteiger charge is 2.19. The Balaban J connectivity index is 1.95. The highest BCUT2D eigenvalue weighted by Crippen LogP contribution is 2.27. The molecule has 0 spiro atoms. The average Bonchev–Trinajstić information content (AvgIpc) is 2.67. The van der Waals surface area contributed by atoms with Crippen molar-refractivity contribution in [1.29, 1.82) is 0 Å². The van der Waals surface area contributed by atoms with E-state index in [1.807, 2.05) is 56.1 Å². The minimum absolute atomic E-state index is 0.0600. The highest BCUT2D eigenvalue weighted by atomic mass is 35.5. The maximum atomic E-state index is 12.6. The summed E-state index contributed by atoms with van der Waals surface area (Å²) in [7, 11) is 5.18. The molecule has 0 aliphatic carbocycles. The van der Waals surface area contributed by atoms with Gasteiger partial charge in [-0.05, 0) is 62.7 Å². The molecule has 0 aliphatic heterocycles. The van der Waals surface area contributed by atoms with E-state index in [2.05, 4.69) is 5.32 Å². The molecule has 0 fully saturated rings. The van der Waals surface area contributed by atoms with Crippen molar-refractivity contribution >= 4 is 23.2 Å². The lowest BCUT2D eigenvalue weighted by molar-refractivity contribution is -0.120. The second kappa shape index (κ2) is 9.62. The number of hydrogen-bond donors (Lipinski definition) is 1. The normalized spacial score (nSPS) is 12.0. The number of methoxy groups -OCH3 is 2. The number of amides is 1. The lowest BCUT2D eigenvalue weighted by Gasteiger charge is -2.24. The molecule has 0 saturated heterocycles. The predicted molar refractivity (Wildman–Crippen MR) is 110 cm³/mol. The molecule has 0 aromatic heterocycles. The Morgan fingerprint density at radius 1 is 1.15 bits per heavy atom. The van der Waals surface area contributed by atoms with Crippen molar-refractivity contribution in [2.75, 3.05) is 33.1 Å². The van der Waals surface area contributed by atoms with Crippen LogP contribution in [-0.2, 0) is 11.2 Å². The van der Waals surface area contributed by atoms with Crippen LogP contribution in [0.2, 0.25) is 5.02 Å². The molecule has 2 aromatic carbocycles. The van der Waals surface area contributed by atoms with Crippen LogP contribution in [0, 0.1) is 6.92 Å². The third-order valence-electron chi connectivity index (χ3n) is 4.70. The maximum absolute atomic E-state index is 12.6. The van der Waals surface area contributed by atoms with Gasteiger partial charge in [-0.25, -0.2) is 0 Å². The molecule has 0 saturated carbocycles. The second-order valence-electron chi connectivity index (χ2n) is 6.54. The van der Waals surface area contributed by atoms with Crippen LogP contribution in [-0.4, -0.2) is 44.7 Å². The van der Waals surface area contributed by atoms with Crippen LogP contribution in [0.3, 0.4) is 0 Å². The van der Waals surface area contributed by atoms with Crippen LogP contribution in [0.4, 0.5) is 5.69 Å². The minimum Gasteiger partial charge on any atom is -0.493 e. The van der Waals surface area contributed by atoms with E-state index in [9.17, 15) is 4.79 Å². The first-order valence-electron chi connectivity index (χ1n) is 8.84. The third kappa shape index (κ3) is 5.62. The summed E-state index contributed by atoms with van der Waals surface area (Å²) < 4.78 is 10.6. The van der Waals surface area contributed by atoms with Gasteiger partial charge in [-0.1, -0.05) is 23.7 Å². The molecule has 5 nitrogen and oxygen atoms in total. The molecule has 0 bridgehead atoms. The van der Waals surface area contributed by atoms with E-state index < -0.39 is 0 Å². The Morgan fingerprint density at radius 2 is 1.85 bits per heavy atom. The molecule has 1 amide bonds. The summed E-state index contributed by atoms with van der Waals surface area (Å²) in [6, 6.07) is 11.1. The van der Waals surface area contributed by atoms with E-state index in [4.69, 9.17) is 21.1 Å². The molecule has 27 heavy (non-hydrogen) atoms. The smallest absolute Gasteiger partial charge is 0.241 e. The van der Waals surface area contributed by atoms with Crippen molar-refractivity contribution in [3.05, 3.63) is 52.5 Å². The van der Waals surface area contributed by atoms with E-state index >= 15 is 0 Å². The molecule has 0 unspecified atom stereocenters. The summed E-state index contributed by atoms with van der Waals surface area (Å²) in [6.07, 6.45) is 0.796. The van der Waals surface area contributed by atoms with Crippen molar-refractivity contribution in [2.24, 2.45) is 0 Å². The summed E-state index contributed by atoms with van der Waals surface area (Å²) in [4.78, 5) is 14.6. The Bertz CT molecular complexity index is 795. The zero-order valence-electron chi connectivity index (χ0n) is 16.5. The van der Waals surface area contributed by atoms with Crippen molar-refractivity contribution in [3.8, 4) is 11.5 Å². The molecule has 1 N–H and O–H groups in total. The summed E-state index contributed by atoms with van der Waals surface area (Å²) in [5.41, 5.74) is 2.85. The van der Waals surface area contributed by atoms with Gasteiger partial charge in [0.1, 0.15) is 0 Å². The third-order valence-corrected chi connectivity index (χ3v) is 4.93. The lowest BCUT2D eigenvalue weighted by Crippen LogP contribution is -2.40. The van der Waals surface area contributed by atoms with Crippen LogP contribution >= 0.6 is 11.6 Å².